The monoisotopic (exact) mass is 285 g/mol. The highest BCUT2D eigenvalue weighted by molar-refractivity contribution is 5.63. The summed E-state index contributed by atoms with van der Waals surface area (Å²) in [5, 5.41) is 9.28. The van der Waals surface area contributed by atoms with Crippen LogP contribution in [-0.4, -0.2) is 64.3 Å². The van der Waals surface area contributed by atoms with Crippen molar-refractivity contribution >= 4 is 17.5 Å². The second-order valence-electron chi connectivity index (χ2n) is 5.94. The van der Waals surface area contributed by atoms with Crippen LogP contribution in [0.25, 0.3) is 11.7 Å². The minimum Gasteiger partial charge on any atom is -0.351 e. The van der Waals surface area contributed by atoms with Crippen LogP contribution >= 0.6 is 0 Å². The average molecular weight is 285 g/mol. The van der Waals surface area contributed by atoms with Gasteiger partial charge in [-0.25, -0.2) is 4.98 Å². The number of likely N-dealkylation sites (N-methyl/N-ethyl adjacent to an activating group) is 1. The van der Waals surface area contributed by atoms with E-state index < -0.39 is 0 Å². The summed E-state index contributed by atoms with van der Waals surface area (Å²) in [5.74, 6) is 1.36. The largest absolute Gasteiger partial charge is 0.351 e. The van der Waals surface area contributed by atoms with Crippen molar-refractivity contribution in [1.29, 1.82) is 0 Å². The molecule has 110 valence electrons. The van der Waals surface area contributed by atoms with E-state index in [9.17, 15) is 0 Å². The summed E-state index contributed by atoms with van der Waals surface area (Å²) in [5.41, 5.74) is 1.69. The first-order chi connectivity index (χ1) is 10.2. The van der Waals surface area contributed by atoms with Gasteiger partial charge >= 0.3 is 0 Å². The van der Waals surface area contributed by atoms with E-state index in [1.54, 1.807) is 6.33 Å². The first-order valence-corrected chi connectivity index (χ1v) is 7.42. The highest BCUT2D eigenvalue weighted by atomic mass is 15.3. The second-order valence-corrected chi connectivity index (χ2v) is 5.94. The molecule has 7 heteroatoms. The zero-order valence-corrected chi connectivity index (χ0v) is 12.4. The van der Waals surface area contributed by atoms with Crippen molar-refractivity contribution in [3.63, 3.8) is 0 Å². The fourth-order valence-corrected chi connectivity index (χ4v) is 2.93. The Bertz CT molecular complexity index is 785. The lowest BCUT2D eigenvalue weighted by Crippen LogP contribution is -2.47. The molecule has 0 spiro atoms. The normalized spacial score (nSPS) is 22.8. The summed E-state index contributed by atoms with van der Waals surface area (Å²) in [6, 6.07) is 0. The van der Waals surface area contributed by atoms with Crippen molar-refractivity contribution < 1.29 is 0 Å². The van der Waals surface area contributed by atoms with Crippen molar-refractivity contribution in [3.05, 3.63) is 17.2 Å². The van der Waals surface area contributed by atoms with E-state index in [4.69, 9.17) is 4.98 Å². The van der Waals surface area contributed by atoms with Crippen LogP contribution in [0.1, 0.15) is 6.92 Å². The number of anilines is 1. The standard InChI is InChI=1S/C14H19N7/c1-10-7-11-12(15-8-10)21-9-16-18-14(21)13(17-11)20-5-3-19(2)4-6-20/h7,9-10H,3-6,8H2,1-2H3. The summed E-state index contributed by atoms with van der Waals surface area (Å²) < 4.78 is 1.97. The summed E-state index contributed by atoms with van der Waals surface area (Å²) in [7, 11) is 2.15. The topological polar surface area (TPSA) is 61.9 Å². The van der Waals surface area contributed by atoms with Gasteiger partial charge in [0.05, 0.1) is 0 Å². The smallest absolute Gasteiger partial charge is 0.205 e. The molecule has 0 aliphatic carbocycles. The third-order valence-corrected chi connectivity index (χ3v) is 4.21. The van der Waals surface area contributed by atoms with E-state index in [2.05, 4.69) is 45.0 Å². The third kappa shape index (κ3) is 2.08. The van der Waals surface area contributed by atoms with E-state index in [1.807, 2.05) is 4.40 Å². The molecule has 0 saturated carbocycles. The van der Waals surface area contributed by atoms with Crippen molar-refractivity contribution in [2.75, 3.05) is 44.7 Å². The molecule has 2 aromatic rings. The molecule has 1 unspecified atom stereocenters. The molecule has 4 heterocycles. The second kappa shape index (κ2) is 4.77. The molecule has 7 nitrogen and oxygen atoms in total. The van der Waals surface area contributed by atoms with Gasteiger partial charge in [0, 0.05) is 32.7 Å². The third-order valence-electron chi connectivity index (χ3n) is 4.21. The van der Waals surface area contributed by atoms with Gasteiger partial charge in [-0.1, -0.05) is 13.0 Å². The van der Waals surface area contributed by atoms with Gasteiger partial charge < -0.3 is 9.80 Å². The number of rotatable bonds is 1. The van der Waals surface area contributed by atoms with Crippen LogP contribution in [0.5, 0.6) is 0 Å². The van der Waals surface area contributed by atoms with Gasteiger partial charge in [0.15, 0.2) is 11.3 Å². The number of aromatic nitrogens is 4. The lowest BCUT2D eigenvalue weighted by atomic mass is 10.1. The van der Waals surface area contributed by atoms with Crippen molar-refractivity contribution in [2.24, 2.45) is 10.9 Å². The van der Waals surface area contributed by atoms with E-state index >= 15 is 0 Å². The molecule has 0 N–H and O–H groups in total. The van der Waals surface area contributed by atoms with Crippen molar-refractivity contribution in [3.8, 4) is 0 Å². The van der Waals surface area contributed by atoms with Crippen LogP contribution < -0.4 is 15.7 Å². The van der Waals surface area contributed by atoms with Gasteiger partial charge in [-0.2, -0.15) is 0 Å². The number of hydrogen-bond acceptors (Lipinski definition) is 6. The fourth-order valence-electron chi connectivity index (χ4n) is 2.93. The zero-order chi connectivity index (χ0) is 14.4. The summed E-state index contributed by atoms with van der Waals surface area (Å²) in [4.78, 5) is 14.1. The van der Waals surface area contributed by atoms with Crippen LogP contribution in [0, 0.1) is 5.92 Å². The number of piperazine rings is 1. The maximum atomic E-state index is 4.85. The Balaban J connectivity index is 1.90. The predicted octanol–water partition coefficient (Wildman–Crippen LogP) is -1.07. The maximum absolute atomic E-state index is 4.85. The maximum Gasteiger partial charge on any atom is 0.205 e. The molecule has 4 rings (SSSR count). The summed E-state index contributed by atoms with van der Waals surface area (Å²) in [6.45, 7) is 7.00. The van der Waals surface area contributed by atoms with Gasteiger partial charge in [0.25, 0.3) is 0 Å². The number of fused-ring (bicyclic) bond motifs is 3. The molecular weight excluding hydrogens is 266 g/mol. The predicted molar refractivity (Wildman–Crippen MR) is 79.8 cm³/mol. The minimum absolute atomic E-state index is 0.430. The van der Waals surface area contributed by atoms with Crippen molar-refractivity contribution in [2.45, 2.75) is 6.92 Å². The van der Waals surface area contributed by atoms with Gasteiger partial charge in [0.2, 0.25) is 5.65 Å². The Morgan fingerprint density at radius 1 is 1.19 bits per heavy atom. The highest BCUT2D eigenvalue weighted by Gasteiger charge is 2.20. The Kier molecular flexibility index (Phi) is 2.88. The van der Waals surface area contributed by atoms with Crippen LogP contribution in [0.3, 0.4) is 0 Å². The van der Waals surface area contributed by atoms with Crippen LogP contribution in [-0.2, 0) is 0 Å². The zero-order valence-electron chi connectivity index (χ0n) is 12.4. The molecule has 2 aliphatic rings. The Morgan fingerprint density at radius 3 is 2.81 bits per heavy atom. The van der Waals surface area contributed by atoms with Gasteiger partial charge in [-0.15, -0.1) is 10.2 Å². The molecule has 0 aromatic carbocycles. The average Bonchev–Trinajstić information content (AvgIpc) is 2.96. The molecule has 21 heavy (non-hydrogen) atoms. The number of nitrogens with zero attached hydrogens (tertiary/aromatic N) is 7. The van der Waals surface area contributed by atoms with Crippen LogP contribution in [0.15, 0.2) is 11.3 Å². The van der Waals surface area contributed by atoms with E-state index in [0.29, 0.717) is 5.92 Å². The van der Waals surface area contributed by atoms with Gasteiger partial charge in [-0.05, 0) is 13.0 Å². The molecular formula is C14H19N7. The summed E-state index contributed by atoms with van der Waals surface area (Å²) >= 11 is 0. The SMILES string of the molecule is CC1C=c2nc(N3CCN(C)CC3)c3nncn3c2=NC1. The van der Waals surface area contributed by atoms with Crippen molar-refractivity contribution in [1.82, 2.24) is 24.5 Å². The Labute approximate surface area is 122 Å². The molecule has 1 saturated heterocycles. The quantitative estimate of drug-likeness (QED) is 0.667. The van der Waals surface area contributed by atoms with E-state index in [-0.39, 0.29) is 0 Å². The lowest BCUT2D eigenvalue weighted by molar-refractivity contribution is 0.312. The first-order valence-electron chi connectivity index (χ1n) is 7.42. The molecule has 1 atom stereocenters. The molecule has 0 radical (unpaired) electrons. The Morgan fingerprint density at radius 2 is 2.00 bits per heavy atom. The molecule has 1 fully saturated rings. The van der Waals surface area contributed by atoms with E-state index in [0.717, 1.165) is 55.0 Å². The molecule has 0 bridgehead atoms. The van der Waals surface area contributed by atoms with E-state index in [1.165, 1.54) is 0 Å². The van der Waals surface area contributed by atoms with Crippen LogP contribution in [0.2, 0.25) is 0 Å². The van der Waals surface area contributed by atoms with Crippen LogP contribution in [0.4, 0.5) is 5.82 Å². The first kappa shape index (κ1) is 12.7. The van der Waals surface area contributed by atoms with Gasteiger partial charge in [-0.3, -0.25) is 9.39 Å². The fraction of sp³-hybridized carbons (Fsp3) is 0.571. The minimum atomic E-state index is 0.430. The number of hydrogen-bond donors (Lipinski definition) is 0. The molecule has 0 amide bonds. The lowest BCUT2D eigenvalue weighted by Gasteiger charge is -2.33. The summed E-state index contributed by atoms with van der Waals surface area (Å²) in [6.07, 6.45) is 3.93. The highest BCUT2D eigenvalue weighted by Crippen LogP contribution is 2.16. The Hall–Kier alpha value is -2.02. The molecule has 2 aromatic heterocycles. The van der Waals surface area contributed by atoms with Gasteiger partial charge in [0.1, 0.15) is 11.7 Å². The molecule has 2 aliphatic heterocycles.